The smallest absolute Gasteiger partial charge is 0.414 e. The number of nitrogens with one attached hydrogen (secondary N) is 1. The number of ether oxygens (including phenoxy) is 1. The molecule has 2 fully saturated rings. The van der Waals surface area contributed by atoms with Gasteiger partial charge in [0.25, 0.3) is 5.91 Å². The van der Waals surface area contributed by atoms with E-state index in [1.165, 1.54) is 11.3 Å². The van der Waals surface area contributed by atoms with Gasteiger partial charge in [0.2, 0.25) is 0 Å². The molecule has 31 heavy (non-hydrogen) atoms. The Labute approximate surface area is 188 Å². The first-order chi connectivity index (χ1) is 14.9. The van der Waals surface area contributed by atoms with Gasteiger partial charge in [0.1, 0.15) is 6.10 Å². The third-order valence-electron chi connectivity index (χ3n) is 5.53. The fourth-order valence-electron chi connectivity index (χ4n) is 3.80. The van der Waals surface area contributed by atoms with Crippen molar-refractivity contribution in [1.82, 2.24) is 5.32 Å². The number of nitrogens with zero attached hydrogens (tertiary/aromatic N) is 2. The van der Waals surface area contributed by atoms with Crippen LogP contribution < -0.4 is 15.1 Å². The van der Waals surface area contributed by atoms with Gasteiger partial charge >= 0.3 is 12.1 Å². The number of benzene rings is 1. The van der Waals surface area contributed by atoms with E-state index in [4.69, 9.17) is 21.4 Å². The van der Waals surface area contributed by atoms with E-state index in [9.17, 15) is 14.4 Å². The Balaban J connectivity index is 1.31. The molecule has 0 aliphatic carbocycles. The second kappa shape index (κ2) is 9.15. The zero-order chi connectivity index (χ0) is 22.0. The third kappa shape index (κ3) is 4.94. The van der Waals surface area contributed by atoms with E-state index in [2.05, 4.69) is 10.2 Å². The minimum atomic E-state index is -0.729. The number of carbonyl (C=O) groups is 3. The molecule has 0 spiro atoms. The number of cyclic esters (lactones) is 1. The number of carboxylic acid groups (broad SMARTS) is 1. The molecule has 1 aromatic carbocycles. The molecular weight excluding hydrogens is 442 g/mol. The number of carboxylic acids is 1. The van der Waals surface area contributed by atoms with Gasteiger partial charge in [-0.1, -0.05) is 11.6 Å². The zero-order valence-corrected chi connectivity index (χ0v) is 18.2. The summed E-state index contributed by atoms with van der Waals surface area (Å²) < 4.78 is 5.92. The number of halogens is 1. The number of piperidine rings is 1. The monoisotopic (exact) mass is 463 g/mol. The lowest BCUT2D eigenvalue weighted by Crippen LogP contribution is -2.36. The van der Waals surface area contributed by atoms with Crippen molar-refractivity contribution in [3.63, 3.8) is 0 Å². The molecular formula is C21H22ClN3O5S. The summed E-state index contributed by atoms with van der Waals surface area (Å²) in [6, 6.07) is 10.9. The predicted molar refractivity (Wildman–Crippen MR) is 118 cm³/mol. The number of aliphatic carboxylic acids is 1. The Bertz CT molecular complexity index is 972. The second-order valence-corrected chi connectivity index (χ2v) is 9.26. The van der Waals surface area contributed by atoms with Crippen LogP contribution in [0.2, 0.25) is 4.34 Å². The summed E-state index contributed by atoms with van der Waals surface area (Å²) in [5.41, 5.74) is 1.71. The SMILES string of the molecule is O=C(NC[C@H]1CN(c2ccc(N3CCC(C(=O)O)CC3)cc2)C(=O)O1)c1ccc(Cl)s1. The molecule has 2 aliphatic heterocycles. The highest BCUT2D eigenvalue weighted by Crippen LogP contribution is 2.28. The number of amides is 2. The molecule has 0 bridgehead atoms. The lowest BCUT2D eigenvalue weighted by Gasteiger charge is -2.32. The summed E-state index contributed by atoms with van der Waals surface area (Å²) in [4.78, 5) is 39.8. The number of rotatable bonds is 6. The molecule has 0 unspecified atom stereocenters. The van der Waals surface area contributed by atoms with E-state index in [0.717, 1.165) is 5.69 Å². The molecule has 2 saturated heterocycles. The maximum atomic E-state index is 12.3. The highest BCUT2D eigenvalue weighted by atomic mass is 35.5. The Morgan fingerprint density at radius 2 is 1.81 bits per heavy atom. The Morgan fingerprint density at radius 3 is 2.42 bits per heavy atom. The lowest BCUT2D eigenvalue weighted by atomic mass is 9.97. The maximum absolute atomic E-state index is 12.3. The number of hydrogen-bond donors (Lipinski definition) is 2. The van der Waals surface area contributed by atoms with Gasteiger partial charge in [-0.25, -0.2) is 4.79 Å². The summed E-state index contributed by atoms with van der Waals surface area (Å²) >= 11 is 7.05. The van der Waals surface area contributed by atoms with Crippen LogP contribution in [-0.4, -0.2) is 55.4 Å². The van der Waals surface area contributed by atoms with E-state index in [1.54, 1.807) is 17.0 Å². The zero-order valence-electron chi connectivity index (χ0n) is 16.6. The average molecular weight is 464 g/mol. The van der Waals surface area contributed by atoms with Crippen molar-refractivity contribution in [2.24, 2.45) is 5.92 Å². The molecule has 2 amide bonds. The van der Waals surface area contributed by atoms with Gasteiger partial charge < -0.3 is 20.1 Å². The van der Waals surface area contributed by atoms with Crippen LogP contribution in [0.15, 0.2) is 36.4 Å². The van der Waals surface area contributed by atoms with E-state index in [-0.39, 0.29) is 18.4 Å². The molecule has 1 aromatic heterocycles. The maximum Gasteiger partial charge on any atom is 0.414 e. The van der Waals surface area contributed by atoms with Gasteiger partial charge in [-0.05, 0) is 49.2 Å². The topological polar surface area (TPSA) is 99.2 Å². The highest BCUT2D eigenvalue weighted by Gasteiger charge is 2.33. The van der Waals surface area contributed by atoms with Gasteiger partial charge in [0.05, 0.1) is 28.2 Å². The molecule has 4 rings (SSSR count). The molecule has 2 N–H and O–H groups in total. The van der Waals surface area contributed by atoms with Gasteiger partial charge in [-0.3, -0.25) is 14.5 Å². The standard InChI is InChI=1S/C21H22ClN3O5S/c22-18-6-5-17(31-18)19(26)23-11-16-12-25(21(29)30-16)15-3-1-14(2-4-15)24-9-7-13(8-10-24)20(27)28/h1-6,13,16H,7-12H2,(H,23,26)(H,27,28)/t16-/m0/s1. The average Bonchev–Trinajstić information content (AvgIpc) is 3.37. The first-order valence-corrected chi connectivity index (χ1v) is 11.2. The number of anilines is 2. The molecule has 3 heterocycles. The minimum Gasteiger partial charge on any atom is -0.481 e. The first kappa shape index (κ1) is 21.5. The van der Waals surface area contributed by atoms with E-state index < -0.39 is 18.2 Å². The van der Waals surface area contributed by atoms with Gasteiger partial charge in [0.15, 0.2) is 0 Å². The van der Waals surface area contributed by atoms with Gasteiger partial charge in [0, 0.05) is 24.5 Å². The summed E-state index contributed by atoms with van der Waals surface area (Å²) in [5, 5.41) is 11.9. The number of carbonyl (C=O) groups excluding carboxylic acids is 2. The minimum absolute atomic E-state index is 0.215. The quantitative estimate of drug-likeness (QED) is 0.680. The fourth-order valence-corrected chi connectivity index (χ4v) is 4.76. The first-order valence-electron chi connectivity index (χ1n) is 10.00. The van der Waals surface area contributed by atoms with Crippen LogP contribution in [0, 0.1) is 5.92 Å². The summed E-state index contributed by atoms with van der Waals surface area (Å²) in [5.74, 6) is -1.25. The predicted octanol–water partition coefficient (Wildman–Crippen LogP) is 3.46. The van der Waals surface area contributed by atoms with Crippen molar-refractivity contribution in [2.75, 3.05) is 36.0 Å². The molecule has 164 valence electrons. The molecule has 2 aromatic rings. The Hall–Kier alpha value is -2.78. The summed E-state index contributed by atoms with van der Waals surface area (Å²) in [6.07, 6.45) is 0.358. The lowest BCUT2D eigenvalue weighted by molar-refractivity contribution is -0.142. The van der Waals surface area contributed by atoms with Crippen LogP contribution in [-0.2, 0) is 9.53 Å². The largest absolute Gasteiger partial charge is 0.481 e. The van der Waals surface area contributed by atoms with Crippen molar-refractivity contribution in [3.8, 4) is 0 Å². The summed E-state index contributed by atoms with van der Waals surface area (Å²) in [7, 11) is 0. The van der Waals surface area contributed by atoms with Crippen LogP contribution in [0.3, 0.4) is 0 Å². The van der Waals surface area contributed by atoms with E-state index >= 15 is 0 Å². The van der Waals surface area contributed by atoms with Crippen LogP contribution in [0.4, 0.5) is 16.2 Å². The van der Waals surface area contributed by atoms with Crippen molar-refractivity contribution < 1.29 is 24.2 Å². The number of hydrogen-bond acceptors (Lipinski definition) is 6. The highest BCUT2D eigenvalue weighted by molar-refractivity contribution is 7.18. The third-order valence-corrected chi connectivity index (χ3v) is 6.76. The molecule has 1 atom stereocenters. The molecule has 0 radical (unpaired) electrons. The van der Waals surface area contributed by atoms with Crippen molar-refractivity contribution in [3.05, 3.63) is 45.6 Å². The molecule has 2 aliphatic rings. The molecule has 10 heteroatoms. The Morgan fingerprint density at radius 1 is 1.13 bits per heavy atom. The van der Waals surface area contributed by atoms with Crippen LogP contribution in [0.1, 0.15) is 22.5 Å². The van der Waals surface area contributed by atoms with Gasteiger partial charge in [-0.2, -0.15) is 0 Å². The van der Waals surface area contributed by atoms with Crippen LogP contribution >= 0.6 is 22.9 Å². The van der Waals surface area contributed by atoms with Crippen LogP contribution in [0.5, 0.6) is 0 Å². The van der Waals surface area contributed by atoms with Gasteiger partial charge in [-0.15, -0.1) is 11.3 Å². The second-order valence-electron chi connectivity index (χ2n) is 7.55. The number of thiophene rings is 1. The van der Waals surface area contributed by atoms with E-state index in [1.807, 2.05) is 24.3 Å². The van der Waals surface area contributed by atoms with E-state index in [0.29, 0.717) is 47.4 Å². The van der Waals surface area contributed by atoms with Crippen molar-refractivity contribution >= 4 is 52.3 Å². The fraction of sp³-hybridized carbons (Fsp3) is 0.381. The normalized spacial score (nSPS) is 19.4. The van der Waals surface area contributed by atoms with Crippen LogP contribution in [0.25, 0.3) is 0 Å². The van der Waals surface area contributed by atoms with Crippen molar-refractivity contribution in [1.29, 1.82) is 0 Å². The van der Waals surface area contributed by atoms with Crippen molar-refractivity contribution in [2.45, 2.75) is 18.9 Å². The summed E-state index contributed by atoms with van der Waals surface area (Å²) in [6.45, 7) is 1.94. The molecule has 0 saturated carbocycles. The molecule has 8 nitrogen and oxygen atoms in total. The Kier molecular flexibility index (Phi) is 6.33.